The maximum atomic E-state index is 12.9. The van der Waals surface area contributed by atoms with E-state index in [0.717, 1.165) is 22.7 Å². The van der Waals surface area contributed by atoms with E-state index in [1.165, 1.54) is 25.1 Å². The second-order valence-electron chi connectivity index (χ2n) is 6.87. The Balaban J connectivity index is 1.60. The number of ether oxygens (including phenoxy) is 2. The molecule has 158 valence electrons. The monoisotopic (exact) mass is 436 g/mol. The van der Waals surface area contributed by atoms with Crippen molar-refractivity contribution in [3.8, 4) is 22.8 Å². The third-order valence-electron chi connectivity index (χ3n) is 4.74. The van der Waals surface area contributed by atoms with Crippen molar-refractivity contribution in [1.29, 1.82) is 0 Å². The van der Waals surface area contributed by atoms with Crippen LogP contribution in [0.3, 0.4) is 0 Å². The molecule has 2 aromatic carbocycles. The number of amides is 1. The summed E-state index contributed by atoms with van der Waals surface area (Å²) >= 11 is 1.08. The molecule has 1 N–H and O–H groups in total. The number of fused-ring (bicyclic) bond motifs is 1. The van der Waals surface area contributed by atoms with Crippen LogP contribution in [0.4, 0.5) is 5.69 Å². The number of aryl methyl sites for hydroxylation is 1. The molecule has 0 fully saturated rings. The van der Waals surface area contributed by atoms with Gasteiger partial charge in [-0.2, -0.15) is 4.37 Å². The molecule has 4 aromatic rings. The zero-order valence-corrected chi connectivity index (χ0v) is 18.0. The predicted molar refractivity (Wildman–Crippen MR) is 120 cm³/mol. The molecule has 8 nitrogen and oxygen atoms in total. The van der Waals surface area contributed by atoms with Gasteiger partial charge in [-0.1, -0.05) is 23.8 Å². The van der Waals surface area contributed by atoms with Crippen LogP contribution in [0.1, 0.15) is 5.56 Å². The van der Waals surface area contributed by atoms with Gasteiger partial charge in [0.25, 0.3) is 5.56 Å². The minimum absolute atomic E-state index is 0.195. The van der Waals surface area contributed by atoms with Gasteiger partial charge in [0.1, 0.15) is 34.0 Å². The summed E-state index contributed by atoms with van der Waals surface area (Å²) in [5.41, 5.74) is 3.34. The summed E-state index contributed by atoms with van der Waals surface area (Å²) in [5.74, 6) is 0.670. The van der Waals surface area contributed by atoms with Crippen LogP contribution in [0.15, 0.2) is 53.6 Å². The largest absolute Gasteiger partial charge is 0.497 e. The van der Waals surface area contributed by atoms with Crippen LogP contribution >= 0.6 is 11.5 Å². The maximum absolute atomic E-state index is 12.9. The van der Waals surface area contributed by atoms with Gasteiger partial charge in [-0.15, -0.1) is 0 Å². The molecule has 0 saturated carbocycles. The summed E-state index contributed by atoms with van der Waals surface area (Å²) in [5, 5.41) is 2.75. The molecule has 0 radical (unpaired) electrons. The molecule has 0 atom stereocenters. The molecule has 31 heavy (non-hydrogen) atoms. The molecule has 4 rings (SSSR count). The lowest BCUT2D eigenvalue weighted by Crippen LogP contribution is -2.27. The van der Waals surface area contributed by atoms with Gasteiger partial charge in [-0.3, -0.25) is 14.2 Å². The van der Waals surface area contributed by atoms with Crippen molar-refractivity contribution in [3.63, 3.8) is 0 Å². The van der Waals surface area contributed by atoms with Gasteiger partial charge in [0.05, 0.1) is 26.2 Å². The van der Waals surface area contributed by atoms with Crippen LogP contribution in [0.25, 0.3) is 21.5 Å². The fraction of sp³-hybridized carbons (Fsp3) is 0.182. The molecular formula is C22H20N4O4S. The van der Waals surface area contributed by atoms with Gasteiger partial charge in [0.15, 0.2) is 0 Å². The highest BCUT2D eigenvalue weighted by atomic mass is 32.1. The van der Waals surface area contributed by atoms with Crippen molar-refractivity contribution in [2.45, 2.75) is 13.5 Å². The number of nitrogens with one attached hydrogen (secondary N) is 1. The summed E-state index contributed by atoms with van der Waals surface area (Å²) in [6.07, 6.45) is 1.38. The van der Waals surface area contributed by atoms with Gasteiger partial charge >= 0.3 is 0 Å². The third kappa shape index (κ3) is 4.13. The van der Waals surface area contributed by atoms with Crippen LogP contribution in [0.5, 0.6) is 11.5 Å². The fourth-order valence-electron chi connectivity index (χ4n) is 3.21. The molecule has 0 spiro atoms. The average Bonchev–Trinajstić information content (AvgIpc) is 3.20. The van der Waals surface area contributed by atoms with Gasteiger partial charge in [0, 0.05) is 11.6 Å². The number of hydrogen-bond acceptors (Lipinski definition) is 7. The number of carbonyl (C=O) groups excluding carboxylic acids is 1. The summed E-state index contributed by atoms with van der Waals surface area (Å²) in [7, 11) is 3.04. The first kappa shape index (κ1) is 20.5. The first-order chi connectivity index (χ1) is 15.0. The van der Waals surface area contributed by atoms with E-state index in [9.17, 15) is 9.59 Å². The van der Waals surface area contributed by atoms with Crippen LogP contribution in [-0.4, -0.2) is 34.1 Å². The van der Waals surface area contributed by atoms with Gasteiger partial charge in [0.2, 0.25) is 5.91 Å². The van der Waals surface area contributed by atoms with Crippen molar-refractivity contribution >= 4 is 33.3 Å². The third-order valence-corrected chi connectivity index (χ3v) is 5.56. The van der Waals surface area contributed by atoms with E-state index in [1.54, 1.807) is 18.2 Å². The second-order valence-corrected chi connectivity index (χ2v) is 7.64. The van der Waals surface area contributed by atoms with E-state index in [0.29, 0.717) is 33.1 Å². The van der Waals surface area contributed by atoms with Crippen molar-refractivity contribution in [2.24, 2.45) is 0 Å². The van der Waals surface area contributed by atoms with Crippen LogP contribution in [-0.2, 0) is 11.3 Å². The van der Waals surface area contributed by atoms with Crippen molar-refractivity contribution in [1.82, 2.24) is 13.9 Å². The first-order valence-electron chi connectivity index (χ1n) is 9.44. The van der Waals surface area contributed by atoms with E-state index in [4.69, 9.17) is 9.47 Å². The standard InChI is InChI=1S/C22H20N4O4S/c1-13-5-4-6-14(9-13)19-20-21(31-25-19)22(28)26(12-23-20)11-18(27)24-16-10-15(29-2)7-8-17(16)30-3/h4-10,12H,11H2,1-3H3,(H,24,27). The number of rotatable bonds is 6. The quantitative estimate of drug-likeness (QED) is 0.497. The number of benzene rings is 2. The van der Waals surface area contributed by atoms with Crippen molar-refractivity contribution in [3.05, 3.63) is 64.7 Å². The summed E-state index contributed by atoms with van der Waals surface area (Å²) in [4.78, 5) is 29.9. The highest BCUT2D eigenvalue weighted by Crippen LogP contribution is 2.29. The summed E-state index contributed by atoms with van der Waals surface area (Å²) < 4.78 is 16.6. The number of anilines is 1. The van der Waals surface area contributed by atoms with Crippen LogP contribution < -0.4 is 20.3 Å². The molecular weight excluding hydrogens is 416 g/mol. The molecule has 2 aromatic heterocycles. The lowest BCUT2D eigenvalue weighted by molar-refractivity contribution is -0.116. The summed E-state index contributed by atoms with van der Waals surface area (Å²) in [6, 6.07) is 12.9. The molecule has 0 bridgehead atoms. The smallest absolute Gasteiger partial charge is 0.273 e. The zero-order chi connectivity index (χ0) is 22.0. The van der Waals surface area contributed by atoms with Gasteiger partial charge in [-0.25, -0.2) is 4.98 Å². The van der Waals surface area contributed by atoms with E-state index >= 15 is 0 Å². The lowest BCUT2D eigenvalue weighted by atomic mass is 10.1. The normalized spacial score (nSPS) is 10.8. The molecule has 0 saturated heterocycles. The molecule has 0 unspecified atom stereocenters. The minimum atomic E-state index is -0.391. The van der Waals surface area contributed by atoms with E-state index in [1.807, 2.05) is 31.2 Å². The Kier molecular flexibility index (Phi) is 5.68. The Bertz CT molecular complexity index is 1330. The number of nitrogens with zero attached hydrogens (tertiary/aromatic N) is 3. The molecule has 2 heterocycles. The van der Waals surface area contributed by atoms with Gasteiger partial charge in [-0.05, 0) is 36.7 Å². The average molecular weight is 436 g/mol. The topological polar surface area (TPSA) is 95.3 Å². The van der Waals surface area contributed by atoms with E-state index in [2.05, 4.69) is 14.7 Å². The number of methoxy groups -OCH3 is 2. The number of hydrogen-bond donors (Lipinski definition) is 1. The molecule has 0 aliphatic heterocycles. The minimum Gasteiger partial charge on any atom is -0.497 e. The number of carbonyl (C=O) groups is 1. The first-order valence-corrected chi connectivity index (χ1v) is 10.2. The Morgan fingerprint density at radius 3 is 2.74 bits per heavy atom. The van der Waals surface area contributed by atoms with Crippen molar-refractivity contribution < 1.29 is 14.3 Å². The molecule has 1 amide bonds. The van der Waals surface area contributed by atoms with E-state index in [-0.39, 0.29) is 12.1 Å². The molecule has 0 aliphatic carbocycles. The van der Waals surface area contributed by atoms with Crippen LogP contribution in [0.2, 0.25) is 0 Å². The zero-order valence-electron chi connectivity index (χ0n) is 17.2. The Hall–Kier alpha value is -3.72. The Morgan fingerprint density at radius 1 is 1.16 bits per heavy atom. The Morgan fingerprint density at radius 2 is 2.00 bits per heavy atom. The van der Waals surface area contributed by atoms with Crippen LogP contribution in [0, 0.1) is 6.92 Å². The Labute approximate surface area is 182 Å². The molecule has 9 heteroatoms. The highest BCUT2D eigenvalue weighted by molar-refractivity contribution is 7.13. The highest BCUT2D eigenvalue weighted by Gasteiger charge is 2.16. The maximum Gasteiger partial charge on any atom is 0.273 e. The summed E-state index contributed by atoms with van der Waals surface area (Å²) in [6.45, 7) is 1.80. The lowest BCUT2D eigenvalue weighted by Gasteiger charge is -2.12. The second kappa shape index (κ2) is 8.57. The van der Waals surface area contributed by atoms with E-state index < -0.39 is 5.91 Å². The predicted octanol–water partition coefficient (Wildman–Crippen LogP) is 3.48. The number of aromatic nitrogens is 3. The van der Waals surface area contributed by atoms with Gasteiger partial charge < -0.3 is 14.8 Å². The SMILES string of the molecule is COc1ccc(OC)c(NC(=O)Cn2cnc3c(-c4cccc(C)c4)nsc3c2=O)c1. The fourth-order valence-corrected chi connectivity index (χ4v) is 4.01. The van der Waals surface area contributed by atoms with Crippen molar-refractivity contribution in [2.75, 3.05) is 19.5 Å². The molecule has 0 aliphatic rings.